The molecule has 1 aliphatic carbocycles. The summed E-state index contributed by atoms with van der Waals surface area (Å²) in [5, 5.41) is 14.5. The SMILES string of the molecule is O=C(O)CC1(NC(=O)Nc2c(Br)cc(Br)cc2Br)CCC1. The molecule has 1 saturated carbocycles. The summed E-state index contributed by atoms with van der Waals surface area (Å²) in [4.78, 5) is 23.0. The summed E-state index contributed by atoms with van der Waals surface area (Å²) < 4.78 is 2.31. The third-order valence-electron chi connectivity index (χ3n) is 3.42. The van der Waals surface area contributed by atoms with Crippen molar-refractivity contribution < 1.29 is 14.7 Å². The van der Waals surface area contributed by atoms with E-state index in [1.54, 1.807) is 0 Å². The molecule has 0 spiro atoms. The number of carboxylic acid groups (broad SMARTS) is 1. The Morgan fingerprint density at radius 2 is 1.76 bits per heavy atom. The van der Waals surface area contributed by atoms with Crippen LogP contribution in [0.15, 0.2) is 25.6 Å². The maximum atomic E-state index is 12.1. The van der Waals surface area contributed by atoms with Gasteiger partial charge in [0.05, 0.1) is 17.6 Å². The lowest BCUT2D eigenvalue weighted by Gasteiger charge is -2.41. The van der Waals surface area contributed by atoms with Crippen molar-refractivity contribution in [3.63, 3.8) is 0 Å². The third kappa shape index (κ3) is 4.20. The highest BCUT2D eigenvalue weighted by Crippen LogP contribution is 2.36. The van der Waals surface area contributed by atoms with Gasteiger partial charge in [0.25, 0.3) is 0 Å². The first kappa shape index (κ1) is 16.8. The fraction of sp³-hybridized carbons (Fsp3) is 0.385. The molecule has 21 heavy (non-hydrogen) atoms. The van der Waals surface area contributed by atoms with E-state index in [9.17, 15) is 9.59 Å². The maximum Gasteiger partial charge on any atom is 0.319 e. The topological polar surface area (TPSA) is 78.4 Å². The second kappa shape index (κ2) is 6.66. The lowest BCUT2D eigenvalue weighted by Crippen LogP contribution is -2.55. The Balaban J connectivity index is 2.07. The molecule has 8 heteroatoms. The smallest absolute Gasteiger partial charge is 0.319 e. The largest absolute Gasteiger partial charge is 0.481 e. The van der Waals surface area contributed by atoms with Gasteiger partial charge in [0.2, 0.25) is 0 Å². The van der Waals surface area contributed by atoms with Crippen molar-refractivity contribution in [2.24, 2.45) is 0 Å². The first-order chi connectivity index (χ1) is 9.81. The highest BCUT2D eigenvalue weighted by molar-refractivity contribution is 9.11. The number of anilines is 1. The van der Waals surface area contributed by atoms with Crippen LogP contribution < -0.4 is 10.6 Å². The van der Waals surface area contributed by atoms with E-state index >= 15 is 0 Å². The van der Waals surface area contributed by atoms with E-state index < -0.39 is 17.5 Å². The molecule has 1 aliphatic rings. The van der Waals surface area contributed by atoms with Gasteiger partial charge < -0.3 is 15.7 Å². The Kier molecular flexibility index (Phi) is 5.32. The van der Waals surface area contributed by atoms with E-state index in [-0.39, 0.29) is 6.42 Å². The molecule has 114 valence electrons. The number of benzene rings is 1. The number of hydrogen-bond donors (Lipinski definition) is 3. The van der Waals surface area contributed by atoms with Crippen molar-refractivity contribution in [1.29, 1.82) is 0 Å². The van der Waals surface area contributed by atoms with Crippen LogP contribution in [-0.2, 0) is 4.79 Å². The predicted molar refractivity (Wildman–Crippen MR) is 90.5 cm³/mol. The quantitative estimate of drug-likeness (QED) is 0.589. The number of carboxylic acids is 1. The van der Waals surface area contributed by atoms with Crippen molar-refractivity contribution in [1.82, 2.24) is 5.32 Å². The molecule has 0 radical (unpaired) electrons. The summed E-state index contributed by atoms with van der Waals surface area (Å²) in [7, 11) is 0. The van der Waals surface area contributed by atoms with Gasteiger partial charge in [0.15, 0.2) is 0 Å². The number of carbonyl (C=O) groups is 2. The molecule has 0 bridgehead atoms. The van der Waals surface area contributed by atoms with Crippen LogP contribution in [0.3, 0.4) is 0 Å². The summed E-state index contributed by atoms with van der Waals surface area (Å²) in [5.74, 6) is -0.902. The van der Waals surface area contributed by atoms with Crippen molar-refractivity contribution in [3.8, 4) is 0 Å². The highest BCUT2D eigenvalue weighted by Gasteiger charge is 2.40. The molecule has 0 saturated heterocycles. The highest BCUT2D eigenvalue weighted by atomic mass is 79.9. The number of halogens is 3. The number of aliphatic carboxylic acids is 1. The molecule has 0 heterocycles. The molecule has 0 atom stereocenters. The minimum Gasteiger partial charge on any atom is -0.481 e. The Morgan fingerprint density at radius 3 is 2.19 bits per heavy atom. The summed E-state index contributed by atoms with van der Waals surface area (Å²) in [6, 6.07) is 3.23. The zero-order chi connectivity index (χ0) is 15.6. The van der Waals surface area contributed by atoms with E-state index in [1.165, 1.54) is 0 Å². The molecule has 1 aromatic rings. The minimum atomic E-state index is -0.902. The zero-order valence-electron chi connectivity index (χ0n) is 10.9. The van der Waals surface area contributed by atoms with E-state index in [2.05, 4.69) is 58.4 Å². The van der Waals surface area contributed by atoms with E-state index in [0.717, 1.165) is 19.8 Å². The number of nitrogens with one attached hydrogen (secondary N) is 2. The fourth-order valence-electron chi connectivity index (χ4n) is 2.29. The van der Waals surface area contributed by atoms with E-state index in [4.69, 9.17) is 5.11 Å². The van der Waals surface area contributed by atoms with Gasteiger partial charge in [-0.05, 0) is 63.3 Å². The van der Waals surface area contributed by atoms with Crippen LogP contribution >= 0.6 is 47.8 Å². The van der Waals surface area contributed by atoms with Crippen LogP contribution in [0.2, 0.25) is 0 Å². The van der Waals surface area contributed by atoms with Gasteiger partial charge in [-0.2, -0.15) is 0 Å². The molecule has 1 fully saturated rings. The van der Waals surface area contributed by atoms with Gasteiger partial charge >= 0.3 is 12.0 Å². The number of amides is 2. The molecule has 2 rings (SSSR count). The number of rotatable bonds is 4. The molecule has 0 unspecified atom stereocenters. The first-order valence-corrected chi connectivity index (χ1v) is 8.65. The van der Waals surface area contributed by atoms with Gasteiger partial charge in [-0.25, -0.2) is 4.79 Å². The lowest BCUT2D eigenvalue weighted by molar-refractivity contribution is -0.139. The van der Waals surface area contributed by atoms with Crippen molar-refractivity contribution >= 4 is 65.5 Å². The van der Waals surface area contributed by atoms with Crippen molar-refractivity contribution in [2.75, 3.05) is 5.32 Å². The van der Waals surface area contributed by atoms with E-state index in [0.29, 0.717) is 18.5 Å². The lowest BCUT2D eigenvalue weighted by atomic mass is 9.74. The summed E-state index contributed by atoms with van der Waals surface area (Å²) >= 11 is 10.1. The molecular formula is C13H13Br3N2O3. The molecule has 2 amide bonds. The third-order valence-corrected chi connectivity index (χ3v) is 5.13. The summed E-state index contributed by atoms with van der Waals surface area (Å²) in [6.45, 7) is 0. The molecule has 3 N–H and O–H groups in total. The van der Waals surface area contributed by atoms with Crippen LogP contribution in [0.4, 0.5) is 10.5 Å². The first-order valence-electron chi connectivity index (χ1n) is 6.27. The standard InChI is InChI=1S/C13H13Br3N2O3/c14-7-4-8(15)11(9(16)5-7)17-12(21)18-13(2-1-3-13)6-10(19)20/h4-5H,1-3,6H2,(H,19,20)(H2,17,18,21). The second-order valence-corrected chi connectivity index (χ2v) is 7.65. The molecule has 1 aromatic carbocycles. The Morgan fingerprint density at radius 1 is 1.19 bits per heavy atom. The minimum absolute atomic E-state index is 0.0525. The maximum absolute atomic E-state index is 12.1. The molecule has 0 aliphatic heterocycles. The second-order valence-electron chi connectivity index (χ2n) is 5.03. The van der Waals surface area contributed by atoms with Crippen LogP contribution in [-0.4, -0.2) is 22.6 Å². The van der Waals surface area contributed by atoms with Crippen LogP contribution in [0.5, 0.6) is 0 Å². The van der Waals surface area contributed by atoms with Gasteiger partial charge in [-0.1, -0.05) is 15.9 Å². The molecule has 0 aromatic heterocycles. The fourth-order valence-corrected chi connectivity index (χ4v) is 4.74. The van der Waals surface area contributed by atoms with Crippen LogP contribution in [0, 0.1) is 0 Å². The van der Waals surface area contributed by atoms with Crippen LogP contribution in [0.25, 0.3) is 0 Å². The predicted octanol–water partition coefficient (Wildman–Crippen LogP) is 4.49. The summed E-state index contributed by atoms with van der Waals surface area (Å²) in [5.41, 5.74) is -0.0231. The van der Waals surface area contributed by atoms with Crippen LogP contribution in [0.1, 0.15) is 25.7 Å². The normalized spacial score (nSPS) is 16.0. The number of carbonyl (C=O) groups excluding carboxylic acids is 1. The zero-order valence-corrected chi connectivity index (χ0v) is 15.6. The average Bonchev–Trinajstić information content (AvgIpc) is 2.30. The molecular weight excluding hydrogens is 472 g/mol. The van der Waals surface area contributed by atoms with Gasteiger partial charge in [-0.3, -0.25) is 4.79 Å². The van der Waals surface area contributed by atoms with Crippen molar-refractivity contribution in [2.45, 2.75) is 31.2 Å². The molecule has 5 nitrogen and oxygen atoms in total. The van der Waals surface area contributed by atoms with E-state index in [1.807, 2.05) is 12.1 Å². The van der Waals surface area contributed by atoms with Gasteiger partial charge in [-0.15, -0.1) is 0 Å². The number of urea groups is 1. The summed E-state index contributed by atoms with van der Waals surface area (Å²) in [6.07, 6.45) is 2.26. The Bertz CT molecular complexity index is 565. The average molecular weight is 485 g/mol. The van der Waals surface area contributed by atoms with Crippen molar-refractivity contribution in [3.05, 3.63) is 25.6 Å². The Labute approximate surface area is 147 Å². The number of hydrogen-bond acceptors (Lipinski definition) is 2. The Hall–Kier alpha value is -0.600. The monoisotopic (exact) mass is 482 g/mol. The van der Waals surface area contributed by atoms with Gasteiger partial charge in [0.1, 0.15) is 0 Å². The van der Waals surface area contributed by atoms with Gasteiger partial charge in [0, 0.05) is 13.4 Å².